The number of halogens is 1. The molecule has 0 fully saturated rings. The molecule has 0 spiro atoms. The van der Waals surface area contributed by atoms with E-state index in [4.69, 9.17) is 16.9 Å². The molecule has 3 N–H and O–H groups in total. The van der Waals surface area contributed by atoms with Crippen molar-refractivity contribution < 1.29 is 10.1 Å². The molecule has 0 aliphatic carbocycles. The van der Waals surface area contributed by atoms with E-state index in [9.17, 15) is 4.79 Å². The number of nitrogens with one attached hydrogen (secondary N) is 1. The Hall–Kier alpha value is -2.35. The monoisotopic (exact) mass is 314 g/mol. The number of nitrogens with zero attached hydrogens (tertiary/aromatic N) is 1. The number of quaternary nitrogens is 1. The minimum absolute atomic E-state index is 0.0846. The van der Waals surface area contributed by atoms with Gasteiger partial charge in [0.25, 0.3) is 5.91 Å². The van der Waals surface area contributed by atoms with Crippen molar-refractivity contribution in [2.45, 2.75) is 13.0 Å². The molecule has 0 aliphatic rings. The highest BCUT2D eigenvalue weighted by Gasteiger charge is 2.12. The van der Waals surface area contributed by atoms with Crippen LogP contribution in [0.15, 0.2) is 48.5 Å². The number of rotatable bonds is 5. The fourth-order valence-corrected chi connectivity index (χ4v) is 2.25. The number of amides is 1. The van der Waals surface area contributed by atoms with Crippen molar-refractivity contribution in [3.63, 3.8) is 0 Å². The van der Waals surface area contributed by atoms with E-state index in [2.05, 4.69) is 5.32 Å². The SMILES string of the molecule is C[C@H]([NH2+]CC(=O)Nc1ccc(C#N)cc1)c1cccc(Cl)c1. The average molecular weight is 315 g/mol. The molecule has 2 rings (SSSR count). The van der Waals surface area contributed by atoms with Gasteiger partial charge >= 0.3 is 0 Å². The van der Waals surface area contributed by atoms with Gasteiger partial charge in [-0.05, 0) is 43.3 Å². The highest BCUT2D eigenvalue weighted by Crippen LogP contribution is 2.14. The van der Waals surface area contributed by atoms with E-state index in [0.717, 1.165) is 5.56 Å². The van der Waals surface area contributed by atoms with E-state index < -0.39 is 0 Å². The number of hydrogen-bond acceptors (Lipinski definition) is 2. The zero-order valence-corrected chi connectivity index (χ0v) is 13.0. The first-order valence-corrected chi connectivity index (χ1v) is 7.35. The van der Waals surface area contributed by atoms with Crippen molar-refractivity contribution in [3.05, 3.63) is 64.7 Å². The van der Waals surface area contributed by atoms with Crippen LogP contribution in [0.5, 0.6) is 0 Å². The van der Waals surface area contributed by atoms with Gasteiger partial charge in [-0.25, -0.2) is 0 Å². The second-order valence-corrected chi connectivity index (χ2v) is 5.46. The van der Waals surface area contributed by atoms with Gasteiger partial charge in [-0.3, -0.25) is 4.79 Å². The molecule has 0 heterocycles. The third kappa shape index (κ3) is 4.59. The smallest absolute Gasteiger partial charge is 0.279 e. The predicted molar refractivity (Wildman–Crippen MR) is 86.4 cm³/mol. The predicted octanol–water partition coefficient (Wildman–Crippen LogP) is 2.47. The Labute approximate surface area is 134 Å². The highest BCUT2D eigenvalue weighted by atomic mass is 35.5. The number of benzene rings is 2. The molecule has 0 unspecified atom stereocenters. The topological polar surface area (TPSA) is 69.5 Å². The normalized spacial score (nSPS) is 11.5. The highest BCUT2D eigenvalue weighted by molar-refractivity contribution is 6.30. The van der Waals surface area contributed by atoms with Gasteiger partial charge in [0.1, 0.15) is 6.04 Å². The van der Waals surface area contributed by atoms with Crippen LogP contribution in [0.3, 0.4) is 0 Å². The van der Waals surface area contributed by atoms with Crippen molar-refractivity contribution in [2.24, 2.45) is 0 Å². The fraction of sp³-hybridized carbons (Fsp3) is 0.176. The zero-order chi connectivity index (χ0) is 15.9. The number of anilines is 1. The summed E-state index contributed by atoms with van der Waals surface area (Å²) in [6.07, 6.45) is 0. The van der Waals surface area contributed by atoms with E-state index in [1.54, 1.807) is 24.3 Å². The van der Waals surface area contributed by atoms with Crippen LogP contribution < -0.4 is 10.6 Å². The maximum absolute atomic E-state index is 11.9. The van der Waals surface area contributed by atoms with Gasteiger partial charge in [-0.15, -0.1) is 0 Å². The molecule has 22 heavy (non-hydrogen) atoms. The van der Waals surface area contributed by atoms with Crippen molar-refractivity contribution >= 4 is 23.2 Å². The lowest BCUT2D eigenvalue weighted by atomic mass is 10.1. The first-order chi connectivity index (χ1) is 10.6. The van der Waals surface area contributed by atoms with E-state index in [0.29, 0.717) is 22.8 Å². The molecule has 1 amide bonds. The van der Waals surface area contributed by atoms with Gasteiger partial charge in [0.2, 0.25) is 0 Å². The molecular weight excluding hydrogens is 298 g/mol. The van der Waals surface area contributed by atoms with Gasteiger partial charge in [0.15, 0.2) is 6.54 Å². The Morgan fingerprint density at radius 1 is 1.32 bits per heavy atom. The number of carbonyl (C=O) groups is 1. The third-order valence-corrected chi connectivity index (χ3v) is 3.56. The van der Waals surface area contributed by atoms with Gasteiger partial charge in [-0.2, -0.15) is 5.26 Å². The first kappa shape index (κ1) is 16.0. The maximum Gasteiger partial charge on any atom is 0.279 e. The largest absolute Gasteiger partial charge is 0.333 e. The van der Waals surface area contributed by atoms with Gasteiger partial charge < -0.3 is 10.6 Å². The second-order valence-electron chi connectivity index (χ2n) is 5.02. The van der Waals surface area contributed by atoms with Crippen LogP contribution in [0.2, 0.25) is 5.02 Å². The fourth-order valence-electron chi connectivity index (χ4n) is 2.05. The lowest BCUT2D eigenvalue weighted by Gasteiger charge is -2.11. The molecule has 5 heteroatoms. The molecule has 4 nitrogen and oxygen atoms in total. The molecule has 2 aromatic rings. The maximum atomic E-state index is 11.9. The van der Waals surface area contributed by atoms with Crippen LogP contribution in [0.4, 0.5) is 5.69 Å². The van der Waals surface area contributed by atoms with Crippen LogP contribution >= 0.6 is 11.6 Å². The van der Waals surface area contributed by atoms with Crippen LogP contribution in [0.25, 0.3) is 0 Å². The summed E-state index contributed by atoms with van der Waals surface area (Å²) >= 11 is 5.97. The second kappa shape index (κ2) is 7.60. The Kier molecular flexibility index (Phi) is 5.54. The minimum atomic E-state index is -0.0846. The van der Waals surface area contributed by atoms with Crippen LogP contribution in [0.1, 0.15) is 24.1 Å². The third-order valence-electron chi connectivity index (χ3n) is 3.33. The van der Waals surface area contributed by atoms with Crippen molar-refractivity contribution in [1.82, 2.24) is 0 Å². The molecule has 0 aliphatic heterocycles. The molecule has 112 valence electrons. The summed E-state index contributed by atoms with van der Waals surface area (Å²) < 4.78 is 0. The number of nitrogens with two attached hydrogens (primary N) is 1. The van der Waals surface area contributed by atoms with Crippen LogP contribution in [-0.2, 0) is 4.79 Å². The summed E-state index contributed by atoms with van der Waals surface area (Å²) in [5, 5.41) is 14.2. The zero-order valence-electron chi connectivity index (χ0n) is 12.2. The van der Waals surface area contributed by atoms with Gasteiger partial charge in [0, 0.05) is 16.3 Å². The summed E-state index contributed by atoms with van der Waals surface area (Å²) in [4.78, 5) is 11.9. The standard InChI is InChI=1S/C17H16ClN3O/c1-12(14-3-2-4-15(18)9-14)20-11-17(22)21-16-7-5-13(10-19)6-8-16/h2-9,12,20H,11H2,1H3,(H,21,22)/p+1/t12-/m0/s1. The number of nitriles is 1. The number of hydrogen-bond donors (Lipinski definition) is 2. The molecule has 0 aromatic heterocycles. The van der Waals surface area contributed by atoms with Crippen LogP contribution in [0, 0.1) is 11.3 Å². The van der Waals surface area contributed by atoms with Crippen molar-refractivity contribution in [3.8, 4) is 6.07 Å². The van der Waals surface area contributed by atoms with E-state index in [-0.39, 0.29) is 11.9 Å². The quantitative estimate of drug-likeness (QED) is 0.890. The summed E-state index contributed by atoms with van der Waals surface area (Å²) in [7, 11) is 0. The van der Waals surface area contributed by atoms with Crippen molar-refractivity contribution in [2.75, 3.05) is 11.9 Å². The summed E-state index contributed by atoms with van der Waals surface area (Å²) in [5.41, 5.74) is 2.34. The molecule has 0 saturated heterocycles. The van der Waals surface area contributed by atoms with Crippen molar-refractivity contribution in [1.29, 1.82) is 5.26 Å². The summed E-state index contributed by atoms with van der Waals surface area (Å²) in [6, 6.07) is 16.6. The molecule has 0 bridgehead atoms. The lowest BCUT2D eigenvalue weighted by Crippen LogP contribution is -2.86. The average Bonchev–Trinajstić information content (AvgIpc) is 2.53. The van der Waals surface area contributed by atoms with Gasteiger partial charge in [-0.1, -0.05) is 23.7 Å². The Morgan fingerprint density at radius 3 is 2.68 bits per heavy atom. The van der Waals surface area contributed by atoms with Crippen LogP contribution in [-0.4, -0.2) is 12.5 Å². The van der Waals surface area contributed by atoms with Gasteiger partial charge in [0.05, 0.1) is 11.6 Å². The Balaban J connectivity index is 1.85. The molecule has 0 radical (unpaired) electrons. The van der Waals surface area contributed by atoms with E-state index in [1.807, 2.05) is 42.6 Å². The summed E-state index contributed by atoms with van der Waals surface area (Å²) in [6.45, 7) is 2.34. The Morgan fingerprint density at radius 2 is 2.05 bits per heavy atom. The lowest BCUT2D eigenvalue weighted by molar-refractivity contribution is -0.682. The van der Waals surface area contributed by atoms with E-state index >= 15 is 0 Å². The molecule has 0 saturated carbocycles. The van der Waals surface area contributed by atoms with E-state index in [1.165, 1.54) is 0 Å². The molecule has 1 atom stereocenters. The first-order valence-electron chi connectivity index (χ1n) is 6.97. The summed E-state index contributed by atoms with van der Waals surface area (Å²) in [5.74, 6) is -0.0846. The molecular formula is C17H17ClN3O+. The molecule has 2 aromatic carbocycles. The Bertz CT molecular complexity index is 692. The minimum Gasteiger partial charge on any atom is -0.333 e. The number of carbonyl (C=O) groups excluding carboxylic acids is 1.